The Hall–Kier alpha value is -5.59. The smallest absolute Gasteiger partial charge is 0.408 e. The molecule has 2 rings (SSSR count). The van der Waals surface area contributed by atoms with Crippen LogP contribution in [0.4, 0.5) is 4.79 Å². The van der Waals surface area contributed by atoms with Crippen molar-refractivity contribution in [3.63, 3.8) is 0 Å². The van der Waals surface area contributed by atoms with E-state index in [-0.39, 0.29) is 57.8 Å². The number of benzene rings is 2. The second-order valence-corrected chi connectivity index (χ2v) is 15.2. The van der Waals surface area contributed by atoms with Crippen molar-refractivity contribution in [3.05, 3.63) is 71.8 Å². The zero-order valence-electron chi connectivity index (χ0n) is 39.8. The van der Waals surface area contributed by atoms with Gasteiger partial charge in [0.1, 0.15) is 24.7 Å². The molecule has 0 radical (unpaired) electrons. The van der Waals surface area contributed by atoms with Gasteiger partial charge in [-0.05, 0) is 37.0 Å². The lowest BCUT2D eigenvalue weighted by molar-refractivity contribution is -0.142. The Kier molecular flexibility index (Phi) is 33.0. The lowest BCUT2D eigenvalue weighted by atomic mass is 10.0. The summed E-state index contributed by atoms with van der Waals surface area (Å²) in [4.78, 5) is 87.9. The molecule has 0 aliphatic rings. The maximum absolute atomic E-state index is 13.6. The molecular weight excluding hydrogens is 909 g/mol. The number of esters is 2. The molecule has 5 N–H and O–H groups in total. The zero-order chi connectivity index (χ0) is 50.3. The molecule has 0 aliphatic carbocycles. The van der Waals surface area contributed by atoms with E-state index in [1.54, 1.807) is 56.3 Å². The minimum atomic E-state index is -1.29. The maximum Gasteiger partial charge on any atom is 0.408 e. The van der Waals surface area contributed by atoms with Crippen LogP contribution < -0.4 is 21.3 Å². The van der Waals surface area contributed by atoms with Crippen LogP contribution in [0.1, 0.15) is 56.0 Å². The van der Waals surface area contributed by atoms with Crippen LogP contribution in [0.3, 0.4) is 0 Å². The Labute approximate surface area is 403 Å². The van der Waals surface area contributed by atoms with Crippen molar-refractivity contribution in [3.8, 4) is 0 Å². The lowest BCUT2D eigenvalue weighted by Gasteiger charge is -2.26. The van der Waals surface area contributed by atoms with E-state index in [4.69, 9.17) is 52.5 Å². The van der Waals surface area contributed by atoms with Gasteiger partial charge in [-0.3, -0.25) is 19.2 Å². The van der Waals surface area contributed by atoms with Gasteiger partial charge in [0.2, 0.25) is 17.7 Å². The highest BCUT2D eigenvalue weighted by Gasteiger charge is 2.32. The number of hydrogen-bond acceptors (Lipinski definition) is 17. The molecule has 0 spiro atoms. The third-order valence-corrected chi connectivity index (χ3v) is 9.28. The van der Waals surface area contributed by atoms with E-state index >= 15 is 0 Å². The summed E-state index contributed by atoms with van der Waals surface area (Å²) in [7, 11) is 0. The quantitative estimate of drug-likeness (QED) is 0.0362. The van der Waals surface area contributed by atoms with E-state index in [9.17, 15) is 33.6 Å². The summed E-state index contributed by atoms with van der Waals surface area (Å²) in [5.74, 6) is -5.22. The molecule has 0 saturated heterocycles. The highest BCUT2D eigenvalue weighted by atomic mass is 16.6. The van der Waals surface area contributed by atoms with E-state index in [1.165, 1.54) is 19.1 Å². The molecule has 69 heavy (non-hydrogen) atoms. The van der Waals surface area contributed by atoms with Crippen molar-refractivity contribution in [1.29, 1.82) is 0 Å². The molecule has 0 heterocycles. The van der Waals surface area contributed by atoms with Crippen LogP contribution >= 0.6 is 0 Å². The number of alkyl carbamates (subject to hydrolysis) is 1. The Bertz CT molecular complexity index is 1760. The average Bonchev–Trinajstić information content (AvgIpc) is 3.33. The number of hydrogen-bond donors (Lipinski definition) is 5. The molecule has 2 aromatic rings. The van der Waals surface area contributed by atoms with Crippen LogP contribution in [0.2, 0.25) is 0 Å². The number of nitrogens with one attached hydrogen (secondary N) is 4. The third kappa shape index (κ3) is 30.5. The second-order valence-electron chi connectivity index (χ2n) is 15.2. The van der Waals surface area contributed by atoms with Gasteiger partial charge in [0.05, 0.1) is 118 Å². The first kappa shape index (κ1) is 59.5. The molecule has 0 aromatic heterocycles. The van der Waals surface area contributed by atoms with Crippen LogP contribution in [-0.4, -0.2) is 177 Å². The monoisotopic (exact) mass is 978 g/mol. The van der Waals surface area contributed by atoms with Gasteiger partial charge in [-0.25, -0.2) is 14.4 Å². The summed E-state index contributed by atoms with van der Waals surface area (Å²) in [5.41, 5.74) is 0.858. The van der Waals surface area contributed by atoms with Crippen molar-refractivity contribution in [2.24, 2.45) is 5.92 Å². The number of carbonyl (C=O) groups is 7. The number of carboxylic acid groups (broad SMARTS) is 1. The van der Waals surface area contributed by atoms with Crippen molar-refractivity contribution < 1.29 is 86.0 Å². The van der Waals surface area contributed by atoms with Gasteiger partial charge in [-0.1, -0.05) is 62.4 Å². The molecule has 0 aliphatic heterocycles. The molecule has 0 bridgehead atoms. The molecule has 22 heteroatoms. The fourth-order valence-corrected chi connectivity index (χ4v) is 5.57. The molecule has 386 valence electrons. The highest BCUT2D eigenvalue weighted by Crippen LogP contribution is 2.08. The van der Waals surface area contributed by atoms with Crippen molar-refractivity contribution in [2.45, 2.75) is 64.8 Å². The topological polar surface area (TPSA) is 280 Å². The van der Waals surface area contributed by atoms with E-state index in [0.29, 0.717) is 91.5 Å². The van der Waals surface area contributed by atoms with Crippen LogP contribution in [0, 0.1) is 5.92 Å². The fraction of sp³-hybridized carbons (Fsp3) is 0.596. The zero-order valence-corrected chi connectivity index (χ0v) is 39.8. The molecule has 0 saturated carbocycles. The number of ether oxygens (including phenoxy) is 10. The van der Waals surface area contributed by atoms with Gasteiger partial charge < -0.3 is 73.7 Å². The van der Waals surface area contributed by atoms with Crippen LogP contribution in [0.15, 0.2) is 60.7 Å². The molecule has 2 aromatic carbocycles. The second kappa shape index (κ2) is 38.3. The van der Waals surface area contributed by atoms with Crippen LogP contribution in [0.5, 0.6) is 0 Å². The number of aliphatic carboxylic acids is 1. The average molecular weight is 979 g/mol. The summed E-state index contributed by atoms with van der Waals surface area (Å²) in [6, 6.07) is 13.0. The number of carboxylic acids is 1. The first-order valence-electron chi connectivity index (χ1n) is 22.9. The summed E-state index contributed by atoms with van der Waals surface area (Å²) >= 11 is 0. The molecule has 4 amide bonds. The van der Waals surface area contributed by atoms with Gasteiger partial charge in [-0.2, -0.15) is 0 Å². The normalized spacial score (nSPS) is 12.3. The van der Waals surface area contributed by atoms with Gasteiger partial charge in [0.15, 0.2) is 0 Å². The minimum Gasteiger partial charge on any atom is -0.481 e. The molecular formula is C47H70N4O18. The van der Waals surface area contributed by atoms with E-state index in [1.807, 2.05) is 6.07 Å². The summed E-state index contributed by atoms with van der Waals surface area (Å²) in [5, 5.41) is 18.8. The van der Waals surface area contributed by atoms with E-state index < -0.39 is 65.8 Å². The summed E-state index contributed by atoms with van der Waals surface area (Å²) in [6.07, 6.45) is -1.28. The van der Waals surface area contributed by atoms with E-state index in [0.717, 1.165) is 0 Å². The standard InChI is InChI=1S/C47H70N4O18/c1-35(2)42(44(56)49-36(3)45(57)69-46(58)38-12-8-5-9-13-38)51-43(55)39(50-47(59)68-34-37-10-6-4-7-11-37)14-15-40(52)48-17-19-61-21-23-63-25-27-65-29-31-67-33-32-66-30-28-64-26-24-62-22-20-60-18-16-41(53)54/h4-13,35-36,39,42H,14-34H2,1-3H3,(H,48,52)(H,49,56)(H,50,59)(H,51,55)(H,53,54)/t36-,39-,42-/m0/s1. The van der Waals surface area contributed by atoms with Crippen molar-refractivity contribution in [2.75, 3.05) is 112 Å². The fourth-order valence-electron chi connectivity index (χ4n) is 5.57. The lowest BCUT2D eigenvalue weighted by Crippen LogP contribution is -2.57. The maximum atomic E-state index is 13.6. The highest BCUT2D eigenvalue weighted by molar-refractivity contribution is 5.99. The first-order chi connectivity index (χ1) is 33.4. The predicted octanol–water partition coefficient (Wildman–Crippen LogP) is 1.81. The molecule has 0 unspecified atom stereocenters. The van der Waals surface area contributed by atoms with Crippen LogP contribution in [-0.2, 0) is 77.9 Å². The Morgan fingerprint density at radius 3 is 1.48 bits per heavy atom. The number of carbonyl (C=O) groups excluding carboxylic acids is 6. The largest absolute Gasteiger partial charge is 0.481 e. The number of amides is 4. The van der Waals surface area contributed by atoms with Gasteiger partial charge in [0.25, 0.3) is 0 Å². The summed E-state index contributed by atoms with van der Waals surface area (Å²) in [6.45, 7) is 10.4. The first-order valence-corrected chi connectivity index (χ1v) is 22.9. The Morgan fingerprint density at radius 2 is 1.00 bits per heavy atom. The SMILES string of the molecule is CC(C)[C@H](NC(=O)[C@H](CCC(=O)NCCOCCOCCOCCOCCOCCOCCOCCOCCC(=O)O)NC(=O)OCc1ccccc1)C(=O)N[C@@H](C)C(=O)OC(=O)c1ccccc1. The van der Waals surface area contributed by atoms with Gasteiger partial charge >= 0.3 is 24.0 Å². The summed E-state index contributed by atoms with van der Waals surface area (Å²) < 4.78 is 53.5. The van der Waals surface area contributed by atoms with Gasteiger partial charge in [-0.15, -0.1) is 0 Å². The Balaban J connectivity index is 1.60. The minimum absolute atomic E-state index is 0.0315. The Morgan fingerprint density at radius 1 is 0.536 bits per heavy atom. The molecule has 0 fully saturated rings. The van der Waals surface area contributed by atoms with Crippen molar-refractivity contribution in [1.82, 2.24) is 21.3 Å². The third-order valence-electron chi connectivity index (χ3n) is 9.28. The van der Waals surface area contributed by atoms with Crippen LogP contribution in [0.25, 0.3) is 0 Å². The van der Waals surface area contributed by atoms with Crippen molar-refractivity contribution >= 4 is 41.7 Å². The predicted molar refractivity (Wildman–Crippen MR) is 246 cm³/mol. The molecule has 22 nitrogen and oxygen atoms in total. The van der Waals surface area contributed by atoms with E-state index in [2.05, 4.69) is 21.3 Å². The number of rotatable bonds is 40. The van der Waals surface area contributed by atoms with Gasteiger partial charge in [0, 0.05) is 13.0 Å². The molecule has 3 atom stereocenters.